The number of anilines is 1. The predicted molar refractivity (Wildman–Crippen MR) is 145 cm³/mol. The molecule has 44 heavy (non-hydrogen) atoms. The van der Waals surface area contributed by atoms with E-state index >= 15 is 0 Å². The smallest absolute Gasteiger partial charge is 0.497 e. The van der Waals surface area contributed by atoms with Crippen LogP contribution in [0.5, 0.6) is 17.2 Å². The second-order valence-electron chi connectivity index (χ2n) is 9.35. The van der Waals surface area contributed by atoms with E-state index in [9.17, 15) is 32.0 Å². The Morgan fingerprint density at radius 1 is 1.07 bits per heavy atom. The van der Waals surface area contributed by atoms with Gasteiger partial charge in [0.2, 0.25) is 0 Å². The molecule has 0 N–H and O–H groups in total. The van der Waals surface area contributed by atoms with Gasteiger partial charge in [0.15, 0.2) is 17.2 Å². The zero-order valence-corrected chi connectivity index (χ0v) is 23.0. The molecule has 1 amide bonds. The third-order valence-corrected chi connectivity index (χ3v) is 6.57. The van der Waals surface area contributed by atoms with E-state index in [-0.39, 0.29) is 39.9 Å². The number of hydrogen-bond donors (Lipinski definition) is 0. The van der Waals surface area contributed by atoms with Crippen LogP contribution in [0.1, 0.15) is 32.9 Å². The number of carbonyl (C=O) groups excluding carboxylic acids is 1. The first-order chi connectivity index (χ1) is 20.8. The molecule has 0 spiro atoms. The van der Waals surface area contributed by atoms with Crippen LogP contribution in [0.2, 0.25) is 0 Å². The number of amides is 1. The Balaban J connectivity index is 1.46. The Morgan fingerprint density at radius 2 is 1.77 bits per heavy atom. The van der Waals surface area contributed by atoms with Gasteiger partial charge in [-0.25, -0.2) is 4.68 Å². The van der Waals surface area contributed by atoms with Crippen molar-refractivity contribution in [3.63, 3.8) is 0 Å². The second-order valence-corrected chi connectivity index (χ2v) is 9.35. The van der Waals surface area contributed by atoms with Crippen molar-refractivity contribution in [3.8, 4) is 29.0 Å². The average molecular weight is 613 g/mol. The van der Waals surface area contributed by atoms with Crippen LogP contribution in [0.4, 0.5) is 27.6 Å². The van der Waals surface area contributed by atoms with E-state index in [1.54, 1.807) is 30.3 Å². The molecule has 1 aromatic heterocycles. The van der Waals surface area contributed by atoms with Gasteiger partial charge in [0, 0.05) is 29.9 Å². The Labute approximate surface area is 246 Å². The molecule has 0 atom stereocenters. The summed E-state index contributed by atoms with van der Waals surface area (Å²) in [5, 5.41) is 13.4. The van der Waals surface area contributed by atoms with E-state index in [0.717, 1.165) is 9.58 Å². The monoisotopic (exact) mass is 612 g/mol. The van der Waals surface area contributed by atoms with Crippen molar-refractivity contribution < 1.29 is 45.7 Å². The van der Waals surface area contributed by atoms with Crippen molar-refractivity contribution in [1.82, 2.24) is 9.78 Å². The summed E-state index contributed by atoms with van der Waals surface area (Å²) in [5.74, 6) is -0.424. The largest absolute Gasteiger partial charge is 0.586 e. The number of alkyl halides is 5. The minimum atomic E-state index is -4.96. The maximum atomic E-state index is 13.9. The molecule has 226 valence electrons. The van der Waals surface area contributed by atoms with Gasteiger partial charge in [0.1, 0.15) is 35.4 Å². The molecule has 1 aliphatic heterocycles. The lowest BCUT2D eigenvalue weighted by Crippen LogP contribution is -2.26. The van der Waals surface area contributed by atoms with Crippen LogP contribution in [-0.2, 0) is 17.5 Å². The van der Waals surface area contributed by atoms with E-state index in [1.165, 1.54) is 56.6 Å². The highest BCUT2D eigenvalue weighted by molar-refractivity contribution is 6.06. The van der Waals surface area contributed by atoms with Crippen LogP contribution >= 0.6 is 0 Å². The lowest BCUT2D eigenvalue weighted by molar-refractivity contribution is -0.286. The van der Waals surface area contributed by atoms with E-state index in [4.69, 9.17) is 9.47 Å². The topological polar surface area (TPSA) is 98.8 Å². The number of carbonyl (C=O) groups is 1. The van der Waals surface area contributed by atoms with E-state index < -0.39 is 36.2 Å². The minimum absolute atomic E-state index is 0.0244. The standard InChI is InChI=1S/C30H21F5N4O5/c1-17(41-3)18-7-10-22(11-8-18)42-16-24-23(15-36)27(29(31,32)33)37-39(24)21-6-4-5-19(13-21)28(40)38(2)20-9-12-25-26(14-20)44-30(34,35)43-25/h4-14H,1,16H2,2-3H3. The van der Waals surface area contributed by atoms with Crippen LogP contribution < -0.4 is 19.1 Å². The quantitative estimate of drug-likeness (QED) is 0.164. The summed E-state index contributed by atoms with van der Waals surface area (Å²) >= 11 is 0. The summed E-state index contributed by atoms with van der Waals surface area (Å²) in [5.41, 5.74) is -1.47. The van der Waals surface area contributed by atoms with E-state index in [2.05, 4.69) is 21.2 Å². The number of fused-ring (bicyclic) bond motifs is 1. The number of benzene rings is 3. The number of nitrogens with zero attached hydrogens (tertiary/aromatic N) is 4. The number of rotatable bonds is 8. The molecule has 14 heteroatoms. The summed E-state index contributed by atoms with van der Waals surface area (Å²) in [6, 6.07) is 17.3. The maximum absolute atomic E-state index is 13.9. The summed E-state index contributed by atoms with van der Waals surface area (Å²) < 4.78 is 89.0. The molecule has 0 radical (unpaired) electrons. The number of hydrogen-bond acceptors (Lipinski definition) is 7. The fraction of sp³-hybridized carbons (Fsp3) is 0.167. The Bertz CT molecular complexity index is 1790. The average Bonchev–Trinajstić information content (AvgIpc) is 3.54. The molecule has 5 rings (SSSR count). The SMILES string of the molecule is C=C(OC)c1ccc(OCc2c(C#N)c(C(F)(F)F)nn2-c2cccc(C(=O)N(C)c3ccc4c(c3)OC(F)(F)O4)c2)cc1. The van der Waals surface area contributed by atoms with Gasteiger partial charge < -0.3 is 23.8 Å². The molecule has 1 aliphatic rings. The van der Waals surface area contributed by atoms with Crippen molar-refractivity contribution >= 4 is 17.4 Å². The molecule has 0 saturated carbocycles. The first-order valence-corrected chi connectivity index (χ1v) is 12.6. The normalized spacial score (nSPS) is 13.2. The predicted octanol–water partition coefficient (Wildman–Crippen LogP) is 6.56. The number of halogens is 5. The third-order valence-electron chi connectivity index (χ3n) is 6.57. The summed E-state index contributed by atoms with van der Waals surface area (Å²) in [4.78, 5) is 14.5. The van der Waals surface area contributed by atoms with Gasteiger partial charge in [-0.2, -0.15) is 23.5 Å². The number of nitriles is 1. The van der Waals surface area contributed by atoms with Gasteiger partial charge >= 0.3 is 12.5 Å². The van der Waals surface area contributed by atoms with Gasteiger partial charge in [-0.15, -0.1) is 8.78 Å². The fourth-order valence-corrected chi connectivity index (χ4v) is 4.35. The Kier molecular flexibility index (Phi) is 7.64. The molecule has 3 aromatic carbocycles. The van der Waals surface area contributed by atoms with Crippen molar-refractivity contribution in [2.45, 2.75) is 19.1 Å². The number of aromatic nitrogens is 2. The lowest BCUT2D eigenvalue weighted by atomic mass is 10.1. The Morgan fingerprint density at radius 3 is 2.43 bits per heavy atom. The highest BCUT2D eigenvalue weighted by Gasteiger charge is 2.43. The number of ether oxygens (including phenoxy) is 4. The van der Waals surface area contributed by atoms with Crippen molar-refractivity contribution in [2.75, 3.05) is 19.1 Å². The van der Waals surface area contributed by atoms with E-state index in [0.29, 0.717) is 11.3 Å². The maximum Gasteiger partial charge on any atom is 0.586 e. The van der Waals surface area contributed by atoms with Crippen LogP contribution in [0, 0.1) is 11.3 Å². The second kappa shape index (κ2) is 11.3. The van der Waals surface area contributed by atoms with Crippen LogP contribution in [-0.4, -0.2) is 36.1 Å². The highest BCUT2D eigenvalue weighted by Crippen LogP contribution is 2.43. The van der Waals surface area contributed by atoms with Gasteiger partial charge in [-0.3, -0.25) is 4.79 Å². The minimum Gasteiger partial charge on any atom is -0.497 e. The molecular weight excluding hydrogens is 591 g/mol. The zero-order chi connectivity index (χ0) is 31.8. The van der Waals surface area contributed by atoms with Gasteiger partial charge in [0.25, 0.3) is 5.91 Å². The summed E-state index contributed by atoms with van der Waals surface area (Å²) in [6.45, 7) is 3.27. The molecule has 2 heterocycles. The molecule has 0 saturated heterocycles. The molecule has 0 bridgehead atoms. The van der Waals surface area contributed by atoms with Crippen LogP contribution in [0.15, 0.2) is 73.3 Å². The van der Waals surface area contributed by atoms with Crippen molar-refractivity contribution in [2.24, 2.45) is 0 Å². The first kappa shape index (κ1) is 29.9. The lowest BCUT2D eigenvalue weighted by Gasteiger charge is -2.18. The first-order valence-electron chi connectivity index (χ1n) is 12.6. The van der Waals surface area contributed by atoms with Crippen LogP contribution in [0.25, 0.3) is 11.4 Å². The van der Waals surface area contributed by atoms with E-state index in [1.807, 2.05) is 0 Å². The molecule has 0 unspecified atom stereocenters. The molecule has 0 aliphatic carbocycles. The Hall–Kier alpha value is -5.58. The summed E-state index contributed by atoms with van der Waals surface area (Å²) in [7, 11) is 2.83. The zero-order valence-electron chi connectivity index (χ0n) is 23.0. The highest BCUT2D eigenvalue weighted by atomic mass is 19.4. The van der Waals surface area contributed by atoms with Crippen molar-refractivity contribution in [1.29, 1.82) is 5.26 Å². The third kappa shape index (κ3) is 5.84. The summed E-state index contributed by atoms with van der Waals surface area (Å²) in [6.07, 6.45) is -8.81. The van der Waals surface area contributed by atoms with Gasteiger partial charge in [-0.05, 0) is 54.6 Å². The molecule has 9 nitrogen and oxygen atoms in total. The molecule has 0 fully saturated rings. The molecule has 4 aromatic rings. The van der Waals surface area contributed by atoms with Crippen LogP contribution in [0.3, 0.4) is 0 Å². The fourth-order valence-electron chi connectivity index (χ4n) is 4.35. The van der Waals surface area contributed by atoms with Gasteiger partial charge in [0.05, 0.1) is 12.8 Å². The van der Waals surface area contributed by atoms with Gasteiger partial charge in [-0.1, -0.05) is 12.6 Å². The number of methoxy groups -OCH3 is 1. The molecular formula is C30H21F5N4O5. The van der Waals surface area contributed by atoms with Crippen molar-refractivity contribution in [3.05, 3.63) is 101 Å².